The van der Waals surface area contributed by atoms with Crippen LogP contribution in [0.5, 0.6) is 5.75 Å². The zero-order valence-corrected chi connectivity index (χ0v) is 12.1. The zero-order valence-electron chi connectivity index (χ0n) is 9.15. The molecule has 2 aromatic carbocycles. The van der Waals surface area contributed by atoms with E-state index in [9.17, 15) is 9.90 Å². The van der Waals surface area contributed by atoms with Gasteiger partial charge in [-0.15, -0.1) is 0 Å². The van der Waals surface area contributed by atoms with Crippen LogP contribution in [0.15, 0.2) is 42.5 Å². The van der Waals surface area contributed by atoms with Crippen molar-refractivity contribution in [3.63, 3.8) is 0 Å². The number of halogens is 2. The number of nitrogens with one attached hydrogen (secondary N) is 1. The normalized spacial score (nSPS) is 10.1. The maximum Gasteiger partial charge on any atom is 0.259 e. The summed E-state index contributed by atoms with van der Waals surface area (Å²) in [6.45, 7) is 0. The third kappa shape index (κ3) is 2.94. The van der Waals surface area contributed by atoms with E-state index < -0.39 is 5.91 Å². The minimum atomic E-state index is -0.392. The molecule has 0 saturated heterocycles. The minimum Gasteiger partial charge on any atom is -0.507 e. The maximum absolute atomic E-state index is 11.9. The summed E-state index contributed by atoms with van der Waals surface area (Å²) in [6.07, 6.45) is 0. The van der Waals surface area contributed by atoms with E-state index in [0.29, 0.717) is 10.7 Å². The van der Waals surface area contributed by atoms with E-state index >= 15 is 0 Å². The van der Waals surface area contributed by atoms with Gasteiger partial charge in [-0.05, 0) is 52.9 Å². The summed E-state index contributed by atoms with van der Waals surface area (Å²) < 4.78 is 0.984. The van der Waals surface area contributed by atoms with Crippen LogP contribution in [0.25, 0.3) is 0 Å². The molecular formula is C13H9ClINO2. The van der Waals surface area contributed by atoms with Gasteiger partial charge in [0, 0.05) is 3.57 Å². The number of carbonyl (C=O) groups excluding carboxylic acids is 1. The Morgan fingerprint density at radius 2 is 1.94 bits per heavy atom. The number of hydrogen-bond donors (Lipinski definition) is 2. The Hall–Kier alpha value is -1.27. The highest BCUT2D eigenvalue weighted by molar-refractivity contribution is 14.1. The molecule has 0 atom stereocenters. The van der Waals surface area contributed by atoms with Crippen molar-refractivity contribution in [2.45, 2.75) is 0 Å². The number of anilines is 1. The molecule has 0 bridgehead atoms. The lowest BCUT2D eigenvalue weighted by Crippen LogP contribution is -2.12. The quantitative estimate of drug-likeness (QED) is 0.784. The number of rotatable bonds is 2. The van der Waals surface area contributed by atoms with Gasteiger partial charge in [-0.2, -0.15) is 0 Å². The first kappa shape index (κ1) is 13.2. The average molecular weight is 374 g/mol. The summed E-state index contributed by atoms with van der Waals surface area (Å²) in [5.41, 5.74) is 0.734. The van der Waals surface area contributed by atoms with Crippen molar-refractivity contribution < 1.29 is 9.90 Å². The number of benzene rings is 2. The van der Waals surface area contributed by atoms with Crippen LogP contribution in [0.4, 0.5) is 5.69 Å². The van der Waals surface area contributed by atoms with Crippen LogP contribution in [0.1, 0.15) is 10.4 Å². The van der Waals surface area contributed by atoms with E-state index in [0.717, 1.165) is 3.57 Å². The van der Waals surface area contributed by atoms with E-state index in [-0.39, 0.29) is 11.3 Å². The molecule has 2 N–H and O–H groups in total. The monoisotopic (exact) mass is 373 g/mol. The molecule has 2 aromatic rings. The molecule has 2 rings (SSSR count). The number of phenolic OH excluding ortho intramolecular Hbond substituents is 1. The van der Waals surface area contributed by atoms with Crippen LogP contribution in [-0.2, 0) is 0 Å². The van der Waals surface area contributed by atoms with Crippen molar-refractivity contribution >= 4 is 45.8 Å². The van der Waals surface area contributed by atoms with Crippen LogP contribution in [-0.4, -0.2) is 11.0 Å². The van der Waals surface area contributed by atoms with Gasteiger partial charge < -0.3 is 10.4 Å². The molecule has 18 heavy (non-hydrogen) atoms. The fourth-order valence-electron chi connectivity index (χ4n) is 1.45. The number of aromatic hydroxyl groups is 1. The minimum absolute atomic E-state index is 0.0587. The molecule has 1 amide bonds. The molecular weight excluding hydrogens is 365 g/mol. The Morgan fingerprint density at radius 1 is 1.22 bits per heavy atom. The molecule has 0 saturated carbocycles. The highest BCUT2D eigenvalue weighted by atomic mass is 127. The molecule has 5 heteroatoms. The van der Waals surface area contributed by atoms with Crippen LogP contribution in [0, 0.1) is 3.57 Å². The van der Waals surface area contributed by atoms with Gasteiger partial charge in [-0.25, -0.2) is 0 Å². The predicted octanol–water partition coefficient (Wildman–Crippen LogP) is 3.90. The van der Waals surface area contributed by atoms with Gasteiger partial charge in [0.2, 0.25) is 0 Å². The summed E-state index contributed by atoms with van der Waals surface area (Å²) in [6, 6.07) is 11.7. The van der Waals surface area contributed by atoms with Crippen LogP contribution >= 0.6 is 34.2 Å². The number of amides is 1. The van der Waals surface area contributed by atoms with E-state index in [2.05, 4.69) is 27.9 Å². The first-order chi connectivity index (χ1) is 8.58. The van der Waals surface area contributed by atoms with Gasteiger partial charge in [0.05, 0.1) is 16.3 Å². The van der Waals surface area contributed by atoms with Crippen molar-refractivity contribution in [3.05, 3.63) is 56.6 Å². The Bertz CT molecular complexity index is 601. The average Bonchev–Trinajstić information content (AvgIpc) is 2.33. The number of phenols is 1. The summed E-state index contributed by atoms with van der Waals surface area (Å²) in [4.78, 5) is 11.9. The second-order valence-electron chi connectivity index (χ2n) is 3.60. The third-order valence-electron chi connectivity index (χ3n) is 2.33. The maximum atomic E-state index is 11.9. The molecule has 0 spiro atoms. The van der Waals surface area contributed by atoms with Crippen LogP contribution in [0.2, 0.25) is 5.02 Å². The Labute approximate surface area is 123 Å². The third-order valence-corrected chi connectivity index (χ3v) is 3.31. The van der Waals surface area contributed by atoms with Gasteiger partial charge in [-0.3, -0.25) is 4.79 Å². The smallest absolute Gasteiger partial charge is 0.259 e. The molecule has 0 fully saturated rings. The molecule has 0 unspecified atom stereocenters. The van der Waals surface area contributed by atoms with Gasteiger partial charge in [0.1, 0.15) is 5.75 Å². The van der Waals surface area contributed by atoms with E-state index in [1.807, 2.05) is 6.07 Å². The van der Waals surface area contributed by atoms with Gasteiger partial charge >= 0.3 is 0 Å². The molecule has 3 nitrogen and oxygen atoms in total. The largest absolute Gasteiger partial charge is 0.507 e. The lowest BCUT2D eigenvalue weighted by molar-refractivity contribution is 0.102. The predicted molar refractivity (Wildman–Crippen MR) is 80.2 cm³/mol. The number of carbonyl (C=O) groups is 1. The van der Waals surface area contributed by atoms with Gasteiger partial charge in [0.15, 0.2) is 0 Å². The van der Waals surface area contributed by atoms with E-state index in [1.54, 1.807) is 30.3 Å². The fourth-order valence-corrected chi connectivity index (χ4v) is 2.35. The summed E-state index contributed by atoms with van der Waals surface area (Å²) >= 11 is 8.15. The second-order valence-corrected chi connectivity index (χ2v) is 5.25. The Kier molecular flexibility index (Phi) is 4.08. The first-order valence-corrected chi connectivity index (χ1v) is 6.58. The summed E-state index contributed by atoms with van der Waals surface area (Å²) in [5, 5.41) is 12.7. The molecule has 0 aliphatic rings. The zero-order chi connectivity index (χ0) is 13.1. The molecule has 0 aliphatic heterocycles. The highest BCUT2D eigenvalue weighted by Crippen LogP contribution is 2.25. The molecule has 0 radical (unpaired) electrons. The summed E-state index contributed by atoms with van der Waals surface area (Å²) in [5.74, 6) is -0.451. The Morgan fingerprint density at radius 3 is 2.61 bits per heavy atom. The second kappa shape index (κ2) is 5.58. The Balaban J connectivity index is 2.24. The molecule has 0 heterocycles. The van der Waals surface area contributed by atoms with Crippen molar-refractivity contribution in [1.29, 1.82) is 0 Å². The van der Waals surface area contributed by atoms with Gasteiger partial charge in [0.25, 0.3) is 5.91 Å². The van der Waals surface area contributed by atoms with Crippen molar-refractivity contribution in [3.8, 4) is 5.75 Å². The van der Waals surface area contributed by atoms with Crippen molar-refractivity contribution in [2.75, 3.05) is 5.32 Å². The molecule has 0 aliphatic carbocycles. The lowest BCUT2D eigenvalue weighted by Gasteiger charge is -2.08. The standard InChI is InChI=1S/C13H9ClINO2/c14-10-7-8(15)5-6-11(10)16-13(18)9-3-1-2-4-12(9)17/h1-7,17H,(H,16,18). The van der Waals surface area contributed by atoms with Gasteiger partial charge in [-0.1, -0.05) is 23.7 Å². The first-order valence-electron chi connectivity index (χ1n) is 5.12. The molecule has 0 aromatic heterocycles. The van der Waals surface area contributed by atoms with Crippen molar-refractivity contribution in [1.82, 2.24) is 0 Å². The van der Waals surface area contributed by atoms with Crippen LogP contribution < -0.4 is 5.32 Å². The highest BCUT2D eigenvalue weighted by Gasteiger charge is 2.11. The van der Waals surface area contributed by atoms with Crippen LogP contribution in [0.3, 0.4) is 0 Å². The number of hydrogen-bond acceptors (Lipinski definition) is 2. The van der Waals surface area contributed by atoms with E-state index in [1.165, 1.54) is 6.07 Å². The lowest BCUT2D eigenvalue weighted by atomic mass is 10.2. The van der Waals surface area contributed by atoms with Crippen molar-refractivity contribution in [2.24, 2.45) is 0 Å². The topological polar surface area (TPSA) is 49.3 Å². The summed E-state index contributed by atoms with van der Waals surface area (Å²) in [7, 11) is 0. The van der Waals surface area contributed by atoms with E-state index in [4.69, 9.17) is 11.6 Å². The fraction of sp³-hybridized carbons (Fsp3) is 0. The molecule has 92 valence electrons. The SMILES string of the molecule is O=C(Nc1ccc(I)cc1Cl)c1ccccc1O. The number of para-hydroxylation sites is 1.